The Bertz CT molecular complexity index is 734. The van der Waals surface area contributed by atoms with E-state index < -0.39 is 0 Å². The van der Waals surface area contributed by atoms with Crippen LogP contribution in [0.25, 0.3) is 0 Å². The van der Waals surface area contributed by atoms with Gasteiger partial charge in [-0.3, -0.25) is 9.59 Å². The summed E-state index contributed by atoms with van der Waals surface area (Å²) in [5.41, 5.74) is 1.90. The maximum Gasteiger partial charge on any atom is 0.251 e. The minimum Gasteiger partial charge on any atom is -0.351 e. The molecule has 27 heavy (non-hydrogen) atoms. The van der Waals surface area contributed by atoms with Crippen molar-refractivity contribution in [2.45, 2.75) is 25.3 Å². The molecule has 5 heteroatoms. The first-order chi connectivity index (χ1) is 13.2. The molecule has 1 atom stereocenters. The van der Waals surface area contributed by atoms with Crippen LogP contribution in [0.15, 0.2) is 60.7 Å². The van der Waals surface area contributed by atoms with Gasteiger partial charge < -0.3 is 15.5 Å². The standard InChI is InChI=1S/C22H27N3O2/c26-21(16-23-22(27)19-10-5-2-6-11-19)24-20-12-7-14-25(17-20)15-13-18-8-3-1-4-9-18/h1-6,8-11,20H,7,12-17H2,(H,23,27)(H,24,26)/t20-/m0/s1. The largest absolute Gasteiger partial charge is 0.351 e. The van der Waals surface area contributed by atoms with Crippen molar-refractivity contribution in [3.05, 3.63) is 71.8 Å². The maximum absolute atomic E-state index is 12.2. The highest BCUT2D eigenvalue weighted by atomic mass is 16.2. The van der Waals surface area contributed by atoms with Crippen LogP contribution in [0.1, 0.15) is 28.8 Å². The summed E-state index contributed by atoms with van der Waals surface area (Å²) in [5.74, 6) is -0.354. The van der Waals surface area contributed by atoms with Crippen LogP contribution in [0.5, 0.6) is 0 Å². The molecule has 5 nitrogen and oxygen atoms in total. The fourth-order valence-corrected chi connectivity index (χ4v) is 3.44. The quantitative estimate of drug-likeness (QED) is 0.791. The van der Waals surface area contributed by atoms with Crippen molar-refractivity contribution >= 4 is 11.8 Å². The molecule has 1 saturated heterocycles. The summed E-state index contributed by atoms with van der Waals surface area (Å²) in [6.07, 6.45) is 3.09. The van der Waals surface area contributed by atoms with Crippen LogP contribution >= 0.6 is 0 Å². The highest BCUT2D eigenvalue weighted by molar-refractivity contribution is 5.96. The Morgan fingerprint density at radius 1 is 1.00 bits per heavy atom. The van der Waals surface area contributed by atoms with Gasteiger partial charge >= 0.3 is 0 Å². The Balaban J connectivity index is 1.39. The van der Waals surface area contributed by atoms with Gasteiger partial charge in [0, 0.05) is 24.7 Å². The Hall–Kier alpha value is -2.66. The van der Waals surface area contributed by atoms with Crippen LogP contribution in [0, 0.1) is 0 Å². The summed E-state index contributed by atoms with van der Waals surface area (Å²) in [5, 5.41) is 5.74. The zero-order valence-corrected chi connectivity index (χ0v) is 15.6. The number of hydrogen-bond donors (Lipinski definition) is 2. The van der Waals surface area contributed by atoms with Gasteiger partial charge in [-0.2, -0.15) is 0 Å². The minimum atomic E-state index is -0.223. The lowest BCUT2D eigenvalue weighted by atomic mass is 10.0. The number of benzene rings is 2. The van der Waals surface area contributed by atoms with E-state index in [0.717, 1.165) is 38.9 Å². The highest BCUT2D eigenvalue weighted by Crippen LogP contribution is 2.11. The van der Waals surface area contributed by atoms with Crippen LogP contribution in [0.3, 0.4) is 0 Å². The minimum absolute atomic E-state index is 0.00818. The normalized spacial score (nSPS) is 17.3. The molecule has 2 N–H and O–H groups in total. The molecule has 1 fully saturated rings. The average molecular weight is 365 g/mol. The third kappa shape index (κ3) is 6.22. The van der Waals surface area contributed by atoms with E-state index in [0.29, 0.717) is 5.56 Å². The Morgan fingerprint density at radius 3 is 2.44 bits per heavy atom. The molecule has 0 saturated carbocycles. The third-order valence-electron chi connectivity index (χ3n) is 4.88. The fraction of sp³-hybridized carbons (Fsp3) is 0.364. The van der Waals surface area contributed by atoms with E-state index in [1.165, 1.54) is 5.56 Å². The molecule has 2 aromatic rings. The van der Waals surface area contributed by atoms with Crippen LogP contribution in [-0.2, 0) is 11.2 Å². The molecule has 2 amide bonds. The molecule has 1 aliphatic heterocycles. The molecular weight excluding hydrogens is 338 g/mol. The predicted molar refractivity (Wildman–Crippen MR) is 107 cm³/mol. The smallest absolute Gasteiger partial charge is 0.251 e. The number of nitrogens with zero attached hydrogens (tertiary/aromatic N) is 1. The van der Waals surface area contributed by atoms with Crippen molar-refractivity contribution in [1.82, 2.24) is 15.5 Å². The van der Waals surface area contributed by atoms with E-state index in [1.54, 1.807) is 24.3 Å². The Labute approximate surface area is 160 Å². The monoisotopic (exact) mass is 365 g/mol. The SMILES string of the molecule is O=C(CNC(=O)c1ccccc1)N[C@H]1CCCN(CCc2ccccc2)C1. The third-order valence-corrected chi connectivity index (χ3v) is 4.88. The van der Waals surface area contributed by atoms with Crippen molar-refractivity contribution in [3.8, 4) is 0 Å². The van der Waals surface area contributed by atoms with Gasteiger partial charge in [0.2, 0.25) is 5.91 Å². The van der Waals surface area contributed by atoms with E-state index in [-0.39, 0.29) is 24.4 Å². The van der Waals surface area contributed by atoms with Gasteiger partial charge in [0.05, 0.1) is 6.54 Å². The second-order valence-electron chi connectivity index (χ2n) is 6.99. The molecule has 142 valence electrons. The van der Waals surface area contributed by atoms with Crippen LogP contribution in [0.2, 0.25) is 0 Å². The number of rotatable bonds is 7. The Morgan fingerprint density at radius 2 is 1.70 bits per heavy atom. The van der Waals surface area contributed by atoms with Crippen molar-refractivity contribution in [2.75, 3.05) is 26.2 Å². The number of nitrogens with one attached hydrogen (secondary N) is 2. The predicted octanol–water partition coefficient (Wildman–Crippen LogP) is 2.24. The first-order valence-electron chi connectivity index (χ1n) is 9.59. The molecule has 0 bridgehead atoms. The zero-order valence-electron chi connectivity index (χ0n) is 15.6. The van der Waals surface area contributed by atoms with E-state index in [9.17, 15) is 9.59 Å². The van der Waals surface area contributed by atoms with E-state index in [2.05, 4.69) is 39.8 Å². The maximum atomic E-state index is 12.2. The summed E-state index contributed by atoms with van der Waals surface area (Å²) < 4.78 is 0. The lowest BCUT2D eigenvalue weighted by molar-refractivity contribution is -0.121. The number of amides is 2. The fourth-order valence-electron chi connectivity index (χ4n) is 3.44. The first kappa shape index (κ1) is 19.1. The summed E-state index contributed by atoms with van der Waals surface area (Å²) in [6, 6.07) is 19.6. The molecule has 0 radical (unpaired) electrons. The lowest BCUT2D eigenvalue weighted by Crippen LogP contribution is -2.50. The molecule has 2 aromatic carbocycles. The molecule has 0 unspecified atom stereocenters. The summed E-state index contributed by atoms with van der Waals surface area (Å²) >= 11 is 0. The highest BCUT2D eigenvalue weighted by Gasteiger charge is 2.21. The van der Waals surface area contributed by atoms with E-state index in [1.807, 2.05) is 12.1 Å². The molecule has 0 aliphatic carbocycles. The topological polar surface area (TPSA) is 61.4 Å². The molecule has 0 aromatic heterocycles. The van der Waals surface area contributed by atoms with Crippen LogP contribution in [-0.4, -0.2) is 48.9 Å². The van der Waals surface area contributed by atoms with Gasteiger partial charge in [0.15, 0.2) is 0 Å². The molecule has 1 heterocycles. The van der Waals surface area contributed by atoms with E-state index in [4.69, 9.17) is 0 Å². The summed E-state index contributed by atoms with van der Waals surface area (Å²) in [4.78, 5) is 26.6. The van der Waals surface area contributed by atoms with Gasteiger partial charge in [-0.25, -0.2) is 0 Å². The van der Waals surface area contributed by atoms with Crippen molar-refractivity contribution < 1.29 is 9.59 Å². The van der Waals surface area contributed by atoms with Gasteiger partial charge in [-0.15, -0.1) is 0 Å². The van der Waals surface area contributed by atoms with Crippen molar-refractivity contribution in [3.63, 3.8) is 0 Å². The number of carbonyl (C=O) groups excluding carboxylic acids is 2. The second kappa shape index (κ2) is 9.88. The number of piperidine rings is 1. The van der Waals surface area contributed by atoms with Gasteiger partial charge in [0.25, 0.3) is 5.91 Å². The molecular formula is C22H27N3O2. The summed E-state index contributed by atoms with van der Waals surface area (Å²) in [7, 11) is 0. The van der Waals surface area contributed by atoms with Crippen LogP contribution in [0.4, 0.5) is 0 Å². The van der Waals surface area contributed by atoms with Gasteiger partial charge in [-0.05, 0) is 43.5 Å². The number of hydrogen-bond acceptors (Lipinski definition) is 3. The average Bonchev–Trinajstić information content (AvgIpc) is 2.72. The van der Waals surface area contributed by atoms with Crippen LogP contribution < -0.4 is 10.6 Å². The van der Waals surface area contributed by atoms with E-state index >= 15 is 0 Å². The molecule has 1 aliphatic rings. The number of carbonyl (C=O) groups is 2. The Kier molecular flexibility index (Phi) is 6.99. The van der Waals surface area contributed by atoms with Crippen molar-refractivity contribution in [2.24, 2.45) is 0 Å². The molecule has 3 rings (SSSR count). The second-order valence-corrected chi connectivity index (χ2v) is 6.99. The first-order valence-corrected chi connectivity index (χ1v) is 9.59. The van der Waals surface area contributed by atoms with Gasteiger partial charge in [0.1, 0.15) is 0 Å². The lowest BCUT2D eigenvalue weighted by Gasteiger charge is -2.33. The van der Waals surface area contributed by atoms with Gasteiger partial charge in [-0.1, -0.05) is 48.5 Å². The number of likely N-dealkylation sites (tertiary alicyclic amines) is 1. The molecule has 0 spiro atoms. The van der Waals surface area contributed by atoms with Crippen molar-refractivity contribution in [1.29, 1.82) is 0 Å². The summed E-state index contributed by atoms with van der Waals surface area (Å²) in [6.45, 7) is 2.95. The zero-order chi connectivity index (χ0) is 18.9.